The standard InChI is InChI=1S/C11H19NO2/c1-4-5-6-7-8-9-14-12-11(13)10(2)3/h4H,1-2,5-9H2,3H3,(H,12,13). The quantitative estimate of drug-likeness (QED) is 0.281. The van der Waals surface area contributed by atoms with Crippen LogP contribution in [0.4, 0.5) is 0 Å². The molecule has 0 aromatic heterocycles. The van der Waals surface area contributed by atoms with Gasteiger partial charge < -0.3 is 0 Å². The molecule has 0 saturated heterocycles. The molecule has 0 aromatic rings. The molecule has 0 radical (unpaired) electrons. The topological polar surface area (TPSA) is 38.3 Å². The van der Waals surface area contributed by atoms with Crippen LogP contribution in [0.2, 0.25) is 0 Å². The second-order valence-corrected chi connectivity index (χ2v) is 3.20. The van der Waals surface area contributed by atoms with Gasteiger partial charge in [0.05, 0.1) is 6.61 Å². The van der Waals surface area contributed by atoms with Crippen LogP contribution in [0, 0.1) is 0 Å². The third-order valence-corrected chi connectivity index (χ3v) is 1.71. The number of unbranched alkanes of at least 4 members (excludes halogenated alkanes) is 3. The minimum absolute atomic E-state index is 0.254. The lowest BCUT2D eigenvalue weighted by Gasteiger charge is -2.04. The molecule has 0 atom stereocenters. The van der Waals surface area contributed by atoms with Gasteiger partial charge in [0.25, 0.3) is 5.91 Å². The fraction of sp³-hybridized carbons (Fsp3) is 0.545. The van der Waals surface area contributed by atoms with Crippen molar-refractivity contribution in [1.82, 2.24) is 5.48 Å². The molecule has 14 heavy (non-hydrogen) atoms. The van der Waals surface area contributed by atoms with Crippen LogP contribution in [0.15, 0.2) is 24.8 Å². The molecule has 0 aromatic carbocycles. The van der Waals surface area contributed by atoms with E-state index < -0.39 is 0 Å². The molecular weight excluding hydrogens is 178 g/mol. The molecule has 0 aliphatic rings. The molecular formula is C11H19NO2. The van der Waals surface area contributed by atoms with Crippen LogP contribution < -0.4 is 5.48 Å². The van der Waals surface area contributed by atoms with Crippen molar-refractivity contribution in [2.24, 2.45) is 0 Å². The van der Waals surface area contributed by atoms with Gasteiger partial charge in [-0.15, -0.1) is 6.58 Å². The molecule has 80 valence electrons. The van der Waals surface area contributed by atoms with Gasteiger partial charge in [0.1, 0.15) is 0 Å². The first-order chi connectivity index (χ1) is 6.68. The molecule has 0 heterocycles. The van der Waals surface area contributed by atoms with Crippen molar-refractivity contribution in [3.63, 3.8) is 0 Å². The minimum atomic E-state index is -0.254. The molecule has 0 rings (SSSR count). The van der Waals surface area contributed by atoms with Crippen molar-refractivity contribution in [1.29, 1.82) is 0 Å². The third-order valence-electron chi connectivity index (χ3n) is 1.71. The summed E-state index contributed by atoms with van der Waals surface area (Å²) in [5.41, 5.74) is 2.77. The van der Waals surface area contributed by atoms with Gasteiger partial charge >= 0.3 is 0 Å². The van der Waals surface area contributed by atoms with Crippen molar-refractivity contribution in [3.05, 3.63) is 24.8 Å². The number of nitrogens with one attached hydrogen (secondary N) is 1. The predicted octanol–water partition coefficient (Wildman–Crippen LogP) is 2.36. The lowest BCUT2D eigenvalue weighted by Crippen LogP contribution is -2.24. The number of hydroxylamine groups is 1. The summed E-state index contributed by atoms with van der Waals surface area (Å²) in [4.78, 5) is 15.9. The number of hydrogen-bond acceptors (Lipinski definition) is 2. The number of carbonyl (C=O) groups is 1. The molecule has 3 heteroatoms. The zero-order chi connectivity index (χ0) is 10.8. The second-order valence-electron chi connectivity index (χ2n) is 3.20. The summed E-state index contributed by atoms with van der Waals surface area (Å²) in [6.07, 6.45) is 6.11. The summed E-state index contributed by atoms with van der Waals surface area (Å²) in [7, 11) is 0. The fourth-order valence-corrected chi connectivity index (χ4v) is 0.843. The lowest BCUT2D eigenvalue weighted by molar-refractivity contribution is -0.129. The number of rotatable bonds is 8. The van der Waals surface area contributed by atoms with E-state index in [0.29, 0.717) is 12.2 Å². The molecule has 3 nitrogen and oxygen atoms in total. The Morgan fingerprint density at radius 3 is 2.71 bits per heavy atom. The highest BCUT2D eigenvalue weighted by atomic mass is 16.6. The van der Waals surface area contributed by atoms with Crippen molar-refractivity contribution in [2.75, 3.05) is 6.61 Å². The van der Waals surface area contributed by atoms with E-state index in [4.69, 9.17) is 4.84 Å². The zero-order valence-corrected chi connectivity index (χ0v) is 8.84. The first kappa shape index (κ1) is 12.9. The number of amides is 1. The van der Waals surface area contributed by atoms with Gasteiger partial charge in [-0.3, -0.25) is 9.63 Å². The normalized spacial score (nSPS) is 9.50. The number of hydrogen-bond donors (Lipinski definition) is 1. The van der Waals surface area contributed by atoms with E-state index in [9.17, 15) is 4.79 Å². The van der Waals surface area contributed by atoms with E-state index in [1.807, 2.05) is 6.08 Å². The smallest absolute Gasteiger partial charge is 0.269 e. The molecule has 0 fully saturated rings. The Hall–Kier alpha value is -1.09. The Kier molecular flexibility index (Phi) is 7.84. The van der Waals surface area contributed by atoms with E-state index >= 15 is 0 Å². The lowest BCUT2D eigenvalue weighted by atomic mass is 10.2. The molecule has 0 aliphatic carbocycles. The largest absolute Gasteiger partial charge is 0.273 e. The second kappa shape index (κ2) is 8.51. The predicted molar refractivity (Wildman–Crippen MR) is 57.6 cm³/mol. The fourth-order valence-electron chi connectivity index (χ4n) is 0.843. The van der Waals surface area contributed by atoms with Gasteiger partial charge in [-0.25, -0.2) is 5.48 Å². The average Bonchev–Trinajstić information content (AvgIpc) is 2.16. The molecule has 0 saturated carbocycles. The van der Waals surface area contributed by atoms with Gasteiger partial charge in [0.15, 0.2) is 0 Å². The summed E-state index contributed by atoms with van der Waals surface area (Å²) in [5.74, 6) is -0.254. The van der Waals surface area contributed by atoms with Gasteiger partial charge in [0, 0.05) is 5.57 Å². The number of carbonyl (C=O) groups excluding carboxylic acids is 1. The molecule has 0 unspecified atom stereocenters. The Balaban J connectivity index is 3.17. The van der Waals surface area contributed by atoms with Crippen LogP contribution in [0.25, 0.3) is 0 Å². The van der Waals surface area contributed by atoms with E-state index in [1.54, 1.807) is 6.92 Å². The maximum absolute atomic E-state index is 10.9. The van der Waals surface area contributed by atoms with Crippen molar-refractivity contribution in [3.8, 4) is 0 Å². The monoisotopic (exact) mass is 197 g/mol. The van der Waals surface area contributed by atoms with Crippen molar-refractivity contribution >= 4 is 5.91 Å². The molecule has 0 bridgehead atoms. The maximum Gasteiger partial charge on any atom is 0.269 e. The summed E-state index contributed by atoms with van der Waals surface area (Å²) in [6.45, 7) is 9.32. The highest BCUT2D eigenvalue weighted by molar-refractivity contribution is 5.91. The van der Waals surface area contributed by atoms with Gasteiger partial charge in [-0.05, 0) is 26.2 Å². The Bertz CT molecular complexity index is 199. The zero-order valence-electron chi connectivity index (χ0n) is 8.84. The van der Waals surface area contributed by atoms with Gasteiger partial charge in [-0.1, -0.05) is 19.1 Å². The van der Waals surface area contributed by atoms with E-state index in [-0.39, 0.29) is 5.91 Å². The average molecular weight is 197 g/mol. The minimum Gasteiger partial charge on any atom is -0.273 e. The van der Waals surface area contributed by atoms with Crippen LogP contribution >= 0.6 is 0 Å². The molecule has 0 spiro atoms. The Morgan fingerprint density at radius 2 is 2.14 bits per heavy atom. The van der Waals surface area contributed by atoms with Crippen LogP contribution in [0.1, 0.15) is 32.6 Å². The van der Waals surface area contributed by atoms with E-state index in [1.165, 1.54) is 0 Å². The highest BCUT2D eigenvalue weighted by Crippen LogP contribution is 1.99. The first-order valence-electron chi connectivity index (χ1n) is 4.87. The van der Waals surface area contributed by atoms with Crippen LogP contribution in [0.3, 0.4) is 0 Å². The SMILES string of the molecule is C=CCCCCCONC(=O)C(=C)C. The van der Waals surface area contributed by atoms with E-state index in [2.05, 4.69) is 18.6 Å². The Morgan fingerprint density at radius 1 is 1.43 bits per heavy atom. The van der Waals surface area contributed by atoms with Crippen molar-refractivity contribution < 1.29 is 9.63 Å². The first-order valence-corrected chi connectivity index (χ1v) is 4.87. The maximum atomic E-state index is 10.9. The Labute approximate surface area is 85.8 Å². The molecule has 0 aliphatic heterocycles. The molecule has 1 N–H and O–H groups in total. The van der Waals surface area contributed by atoms with Crippen LogP contribution in [-0.4, -0.2) is 12.5 Å². The summed E-state index contributed by atoms with van der Waals surface area (Å²) in [6, 6.07) is 0. The molecule has 1 amide bonds. The third kappa shape index (κ3) is 7.55. The van der Waals surface area contributed by atoms with Gasteiger partial charge in [0.2, 0.25) is 0 Å². The van der Waals surface area contributed by atoms with E-state index in [0.717, 1.165) is 25.7 Å². The summed E-state index contributed by atoms with van der Waals surface area (Å²) in [5, 5.41) is 0. The van der Waals surface area contributed by atoms with Crippen molar-refractivity contribution in [2.45, 2.75) is 32.6 Å². The summed E-state index contributed by atoms with van der Waals surface area (Å²) >= 11 is 0. The number of allylic oxidation sites excluding steroid dienone is 1. The van der Waals surface area contributed by atoms with Gasteiger partial charge in [-0.2, -0.15) is 0 Å². The van der Waals surface area contributed by atoms with Crippen LogP contribution in [0.5, 0.6) is 0 Å². The highest BCUT2D eigenvalue weighted by Gasteiger charge is 1.99. The van der Waals surface area contributed by atoms with Crippen LogP contribution in [-0.2, 0) is 9.63 Å². The summed E-state index contributed by atoms with van der Waals surface area (Å²) < 4.78 is 0.